The van der Waals surface area contributed by atoms with Crippen LogP contribution < -0.4 is 11.1 Å². The third-order valence-corrected chi connectivity index (χ3v) is 6.52. The van der Waals surface area contributed by atoms with E-state index in [0.29, 0.717) is 23.9 Å². The summed E-state index contributed by atoms with van der Waals surface area (Å²) in [6.45, 7) is 11.9. The average molecular weight is 280 g/mol. The Hall–Kier alpha value is -0.570. The summed E-state index contributed by atoms with van der Waals surface area (Å²) in [7, 11) is 0. The number of carbonyl (C=O) groups is 1. The number of amides is 1. The van der Waals surface area contributed by atoms with Crippen LogP contribution in [0.15, 0.2) is 0 Å². The molecule has 0 saturated heterocycles. The number of hydrogen-bond donors (Lipinski definition) is 2. The first-order valence-electron chi connectivity index (χ1n) is 8.22. The van der Waals surface area contributed by atoms with Crippen molar-refractivity contribution in [2.75, 3.05) is 6.54 Å². The van der Waals surface area contributed by atoms with Gasteiger partial charge in [0.25, 0.3) is 0 Å². The normalized spacial score (nSPS) is 36.4. The van der Waals surface area contributed by atoms with Crippen LogP contribution in [0.3, 0.4) is 0 Å². The van der Waals surface area contributed by atoms with Crippen LogP contribution in [0.1, 0.15) is 60.3 Å². The van der Waals surface area contributed by atoms with Gasteiger partial charge in [-0.05, 0) is 48.3 Å². The molecule has 20 heavy (non-hydrogen) atoms. The molecule has 2 fully saturated rings. The highest BCUT2D eigenvalue weighted by molar-refractivity contribution is 5.79. The Morgan fingerprint density at radius 2 is 2.00 bits per heavy atom. The van der Waals surface area contributed by atoms with E-state index in [-0.39, 0.29) is 17.2 Å². The first-order valence-corrected chi connectivity index (χ1v) is 8.22. The lowest BCUT2D eigenvalue weighted by Gasteiger charge is -2.40. The third kappa shape index (κ3) is 2.38. The van der Waals surface area contributed by atoms with Crippen LogP contribution in [0, 0.1) is 28.6 Å². The highest BCUT2D eigenvalue weighted by Crippen LogP contribution is 2.65. The van der Waals surface area contributed by atoms with Crippen molar-refractivity contribution in [1.29, 1.82) is 0 Å². The molecule has 0 aromatic heterocycles. The standard InChI is InChI=1S/C17H32N2O/c1-11(2)8-12(10-18)15(20)19-14-9-13-6-7-17(14,5)16(13,3)4/h11-14H,6-10,18H2,1-5H3,(H,19,20). The minimum atomic E-state index is -0.0270. The van der Waals surface area contributed by atoms with Crippen molar-refractivity contribution in [2.45, 2.75) is 66.3 Å². The Labute approximate surface area is 124 Å². The fourth-order valence-corrected chi connectivity index (χ4v) is 4.59. The second-order valence-electron chi connectivity index (χ2n) is 8.23. The maximum Gasteiger partial charge on any atom is 0.224 e. The van der Waals surface area contributed by atoms with Gasteiger partial charge in [0.05, 0.1) is 5.92 Å². The van der Waals surface area contributed by atoms with E-state index in [1.807, 2.05) is 0 Å². The molecule has 116 valence electrons. The molecule has 4 unspecified atom stereocenters. The van der Waals surface area contributed by atoms with Crippen LogP contribution >= 0.6 is 0 Å². The molecule has 0 aliphatic heterocycles. The molecule has 1 amide bonds. The molecule has 2 rings (SSSR count). The Morgan fingerprint density at radius 3 is 2.40 bits per heavy atom. The summed E-state index contributed by atoms with van der Waals surface area (Å²) in [5.74, 6) is 1.43. The van der Waals surface area contributed by atoms with Gasteiger partial charge in [-0.1, -0.05) is 34.6 Å². The molecule has 0 spiro atoms. The summed E-state index contributed by atoms with van der Waals surface area (Å²) in [4.78, 5) is 12.5. The molecule has 0 aromatic rings. The predicted molar refractivity (Wildman–Crippen MR) is 83.2 cm³/mol. The number of hydrogen-bond acceptors (Lipinski definition) is 2. The van der Waals surface area contributed by atoms with Crippen LogP contribution in [0.2, 0.25) is 0 Å². The molecule has 2 saturated carbocycles. The molecule has 3 heteroatoms. The van der Waals surface area contributed by atoms with Gasteiger partial charge in [0, 0.05) is 12.6 Å². The van der Waals surface area contributed by atoms with E-state index in [4.69, 9.17) is 5.73 Å². The zero-order chi connectivity index (χ0) is 15.1. The zero-order valence-electron chi connectivity index (χ0n) is 13.8. The van der Waals surface area contributed by atoms with E-state index in [1.54, 1.807) is 0 Å². The van der Waals surface area contributed by atoms with Crippen LogP contribution in [0.5, 0.6) is 0 Å². The average Bonchev–Trinajstić information content (AvgIpc) is 2.68. The Morgan fingerprint density at radius 1 is 1.35 bits per heavy atom. The summed E-state index contributed by atoms with van der Waals surface area (Å²) >= 11 is 0. The van der Waals surface area contributed by atoms with Crippen molar-refractivity contribution in [3.8, 4) is 0 Å². The van der Waals surface area contributed by atoms with E-state index < -0.39 is 0 Å². The summed E-state index contributed by atoms with van der Waals surface area (Å²) in [6.07, 6.45) is 4.60. The van der Waals surface area contributed by atoms with E-state index in [0.717, 1.165) is 18.8 Å². The Bertz CT molecular complexity index is 377. The second-order valence-corrected chi connectivity index (χ2v) is 8.23. The SMILES string of the molecule is CC(C)CC(CN)C(=O)NC1CC2CCC1(C)C2(C)C. The summed E-state index contributed by atoms with van der Waals surface area (Å²) in [5.41, 5.74) is 6.40. The smallest absolute Gasteiger partial charge is 0.224 e. The van der Waals surface area contributed by atoms with Gasteiger partial charge in [0.2, 0.25) is 5.91 Å². The number of fused-ring (bicyclic) bond motifs is 2. The first kappa shape index (κ1) is 15.8. The molecule has 2 aliphatic carbocycles. The maximum atomic E-state index is 12.5. The van der Waals surface area contributed by atoms with Gasteiger partial charge in [0.15, 0.2) is 0 Å². The van der Waals surface area contributed by atoms with E-state index in [9.17, 15) is 4.79 Å². The molecule has 3 N–H and O–H groups in total. The lowest BCUT2D eigenvalue weighted by atomic mass is 9.69. The van der Waals surface area contributed by atoms with E-state index in [2.05, 4.69) is 39.9 Å². The number of rotatable bonds is 5. The Kier molecular flexibility index (Phi) is 4.21. The van der Waals surface area contributed by atoms with Crippen LogP contribution in [-0.4, -0.2) is 18.5 Å². The summed E-state index contributed by atoms with van der Waals surface area (Å²) in [6, 6.07) is 0.338. The van der Waals surface area contributed by atoms with Crippen LogP contribution in [0.4, 0.5) is 0 Å². The lowest BCUT2D eigenvalue weighted by molar-refractivity contribution is -0.127. The quantitative estimate of drug-likeness (QED) is 0.813. The van der Waals surface area contributed by atoms with Crippen LogP contribution in [-0.2, 0) is 4.79 Å². The van der Waals surface area contributed by atoms with Gasteiger partial charge in [-0.15, -0.1) is 0 Å². The van der Waals surface area contributed by atoms with Crippen LogP contribution in [0.25, 0.3) is 0 Å². The van der Waals surface area contributed by atoms with Gasteiger partial charge in [-0.3, -0.25) is 4.79 Å². The van der Waals surface area contributed by atoms with Gasteiger partial charge in [-0.2, -0.15) is 0 Å². The predicted octanol–water partition coefficient (Wildman–Crippen LogP) is 2.94. The molecular formula is C17H32N2O. The van der Waals surface area contributed by atoms with Crippen molar-refractivity contribution < 1.29 is 4.79 Å². The Balaban J connectivity index is 2.03. The first-order chi connectivity index (χ1) is 9.22. The molecule has 0 aromatic carbocycles. The molecule has 2 aliphatic rings. The molecule has 0 heterocycles. The van der Waals surface area contributed by atoms with Gasteiger partial charge >= 0.3 is 0 Å². The van der Waals surface area contributed by atoms with E-state index in [1.165, 1.54) is 12.8 Å². The molecular weight excluding hydrogens is 248 g/mol. The highest BCUT2D eigenvalue weighted by Gasteiger charge is 2.61. The fraction of sp³-hybridized carbons (Fsp3) is 0.941. The number of nitrogens with one attached hydrogen (secondary N) is 1. The fourth-order valence-electron chi connectivity index (χ4n) is 4.59. The minimum Gasteiger partial charge on any atom is -0.353 e. The minimum absolute atomic E-state index is 0.0270. The highest BCUT2D eigenvalue weighted by atomic mass is 16.2. The van der Waals surface area contributed by atoms with Crippen molar-refractivity contribution >= 4 is 5.91 Å². The maximum absolute atomic E-state index is 12.5. The monoisotopic (exact) mass is 280 g/mol. The number of nitrogens with two attached hydrogens (primary N) is 1. The molecule has 4 atom stereocenters. The summed E-state index contributed by atoms with van der Waals surface area (Å²) in [5, 5.41) is 3.34. The van der Waals surface area contributed by atoms with Crippen molar-refractivity contribution in [1.82, 2.24) is 5.32 Å². The molecule has 0 radical (unpaired) electrons. The number of carbonyl (C=O) groups excluding carboxylic acids is 1. The van der Waals surface area contributed by atoms with Gasteiger partial charge in [0.1, 0.15) is 0 Å². The lowest BCUT2D eigenvalue weighted by Crippen LogP contribution is -2.49. The second kappa shape index (κ2) is 5.32. The van der Waals surface area contributed by atoms with Gasteiger partial charge < -0.3 is 11.1 Å². The third-order valence-electron chi connectivity index (χ3n) is 6.52. The van der Waals surface area contributed by atoms with E-state index >= 15 is 0 Å². The van der Waals surface area contributed by atoms with Crippen molar-refractivity contribution in [3.63, 3.8) is 0 Å². The molecule has 3 nitrogen and oxygen atoms in total. The largest absolute Gasteiger partial charge is 0.353 e. The van der Waals surface area contributed by atoms with Crippen molar-refractivity contribution in [3.05, 3.63) is 0 Å². The topological polar surface area (TPSA) is 55.1 Å². The zero-order valence-corrected chi connectivity index (χ0v) is 13.8. The van der Waals surface area contributed by atoms with Gasteiger partial charge in [-0.25, -0.2) is 0 Å². The summed E-state index contributed by atoms with van der Waals surface area (Å²) < 4.78 is 0. The molecule has 2 bridgehead atoms. The van der Waals surface area contributed by atoms with Crippen molar-refractivity contribution in [2.24, 2.45) is 34.3 Å².